The highest BCUT2D eigenvalue weighted by Gasteiger charge is 2.02. The minimum absolute atomic E-state index is 0.654. The standard InChI is InChI=1S/C14H18N4/c1-11-5-2-3-6-13(11)12-9-17-14(18-10-12)16-8-4-7-15/h2-3,5-6,9-10H,4,7-8,15H2,1H3,(H,16,17,18). The normalized spacial score (nSPS) is 10.3. The number of nitrogens with zero attached hydrogens (tertiary/aromatic N) is 2. The highest BCUT2D eigenvalue weighted by Crippen LogP contribution is 2.21. The van der Waals surface area contributed by atoms with Gasteiger partial charge in [0.05, 0.1) is 0 Å². The summed E-state index contributed by atoms with van der Waals surface area (Å²) in [5, 5.41) is 3.14. The lowest BCUT2D eigenvalue weighted by atomic mass is 10.0. The maximum absolute atomic E-state index is 5.43. The number of aromatic nitrogens is 2. The van der Waals surface area contributed by atoms with E-state index in [9.17, 15) is 0 Å². The van der Waals surface area contributed by atoms with Gasteiger partial charge in [0.15, 0.2) is 0 Å². The van der Waals surface area contributed by atoms with Crippen molar-refractivity contribution in [2.45, 2.75) is 13.3 Å². The zero-order valence-electron chi connectivity index (χ0n) is 10.6. The Bertz CT molecular complexity index is 493. The topological polar surface area (TPSA) is 63.8 Å². The molecular weight excluding hydrogens is 224 g/mol. The Morgan fingerprint density at radius 3 is 2.56 bits per heavy atom. The molecule has 0 aliphatic carbocycles. The van der Waals surface area contributed by atoms with Gasteiger partial charge in [-0.3, -0.25) is 0 Å². The summed E-state index contributed by atoms with van der Waals surface area (Å²) in [7, 11) is 0. The van der Waals surface area contributed by atoms with E-state index in [1.165, 1.54) is 11.1 Å². The summed E-state index contributed by atoms with van der Waals surface area (Å²) in [6, 6.07) is 8.22. The summed E-state index contributed by atoms with van der Waals surface area (Å²) < 4.78 is 0. The molecule has 0 spiro atoms. The van der Waals surface area contributed by atoms with Crippen LogP contribution >= 0.6 is 0 Å². The lowest BCUT2D eigenvalue weighted by molar-refractivity contribution is 0.864. The summed E-state index contributed by atoms with van der Waals surface area (Å²) in [6.07, 6.45) is 4.61. The van der Waals surface area contributed by atoms with Crippen LogP contribution in [-0.4, -0.2) is 23.1 Å². The summed E-state index contributed by atoms with van der Waals surface area (Å²) in [6.45, 7) is 3.57. The summed E-state index contributed by atoms with van der Waals surface area (Å²) >= 11 is 0. The molecule has 1 heterocycles. The molecule has 0 saturated carbocycles. The fourth-order valence-corrected chi connectivity index (χ4v) is 1.76. The van der Waals surface area contributed by atoms with E-state index in [-0.39, 0.29) is 0 Å². The zero-order valence-corrected chi connectivity index (χ0v) is 10.6. The SMILES string of the molecule is Cc1ccccc1-c1cnc(NCCCN)nc1. The predicted octanol–water partition coefficient (Wildman–Crippen LogP) is 2.21. The van der Waals surface area contributed by atoms with E-state index in [0.717, 1.165) is 18.5 Å². The fourth-order valence-electron chi connectivity index (χ4n) is 1.76. The van der Waals surface area contributed by atoms with Crippen molar-refractivity contribution in [1.29, 1.82) is 0 Å². The van der Waals surface area contributed by atoms with Crippen LogP contribution < -0.4 is 11.1 Å². The average molecular weight is 242 g/mol. The van der Waals surface area contributed by atoms with Gasteiger partial charge in [-0.2, -0.15) is 0 Å². The third-order valence-electron chi connectivity index (χ3n) is 2.77. The third kappa shape index (κ3) is 3.05. The maximum atomic E-state index is 5.43. The van der Waals surface area contributed by atoms with Crippen molar-refractivity contribution in [3.8, 4) is 11.1 Å². The molecule has 0 amide bonds. The van der Waals surface area contributed by atoms with E-state index >= 15 is 0 Å². The molecule has 4 nitrogen and oxygen atoms in total. The monoisotopic (exact) mass is 242 g/mol. The number of rotatable bonds is 5. The lowest BCUT2D eigenvalue weighted by Crippen LogP contribution is -2.10. The second-order valence-corrected chi connectivity index (χ2v) is 4.18. The molecule has 0 fully saturated rings. The Kier molecular flexibility index (Phi) is 4.25. The van der Waals surface area contributed by atoms with Crippen LogP contribution in [0, 0.1) is 6.92 Å². The minimum atomic E-state index is 0.654. The number of benzene rings is 1. The minimum Gasteiger partial charge on any atom is -0.354 e. The predicted molar refractivity (Wildman–Crippen MR) is 74.4 cm³/mol. The van der Waals surface area contributed by atoms with Crippen molar-refractivity contribution in [3.63, 3.8) is 0 Å². The second-order valence-electron chi connectivity index (χ2n) is 4.18. The van der Waals surface area contributed by atoms with Crippen LogP contribution in [-0.2, 0) is 0 Å². The van der Waals surface area contributed by atoms with Crippen LogP contribution in [0.4, 0.5) is 5.95 Å². The van der Waals surface area contributed by atoms with E-state index < -0.39 is 0 Å². The van der Waals surface area contributed by atoms with Gasteiger partial charge in [0.25, 0.3) is 0 Å². The number of nitrogens with one attached hydrogen (secondary N) is 1. The molecule has 0 aliphatic heterocycles. The van der Waals surface area contributed by atoms with E-state index in [1.54, 1.807) is 0 Å². The van der Waals surface area contributed by atoms with Gasteiger partial charge >= 0.3 is 0 Å². The smallest absolute Gasteiger partial charge is 0.222 e. The molecule has 94 valence electrons. The van der Waals surface area contributed by atoms with Crippen molar-refractivity contribution in [3.05, 3.63) is 42.2 Å². The van der Waals surface area contributed by atoms with E-state index in [0.29, 0.717) is 12.5 Å². The Balaban J connectivity index is 2.10. The van der Waals surface area contributed by atoms with Crippen LogP contribution in [0.2, 0.25) is 0 Å². The Morgan fingerprint density at radius 1 is 1.17 bits per heavy atom. The van der Waals surface area contributed by atoms with Gasteiger partial charge in [0.2, 0.25) is 5.95 Å². The summed E-state index contributed by atoms with van der Waals surface area (Å²) in [5.74, 6) is 0.654. The highest BCUT2D eigenvalue weighted by molar-refractivity contribution is 5.65. The Hall–Kier alpha value is -1.94. The molecule has 4 heteroatoms. The molecule has 0 saturated heterocycles. The average Bonchev–Trinajstić information content (AvgIpc) is 2.41. The first-order valence-corrected chi connectivity index (χ1v) is 6.13. The van der Waals surface area contributed by atoms with Crippen molar-refractivity contribution in [2.24, 2.45) is 5.73 Å². The third-order valence-corrected chi connectivity index (χ3v) is 2.77. The number of hydrogen-bond acceptors (Lipinski definition) is 4. The Morgan fingerprint density at radius 2 is 1.89 bits per heavy atom. The molecule has 18 heavy (non-hydrogen) atoms. The maximum Gasteiger partial charge on any atom is 0.222 e. The van der Waals surface area contributed by atoms with Gasteiger partial charge in [0.1, 0.15) is 0 Å². The van der Waals surface area contributed by atoms with Gasteiger partial charge in [0, 0.05) is 24.5 Å². The molecule has 0 atom stereocenters. The van der Waals surface area contributed by atoms with E-state index in [2.05, 4.69) is 34.3 Å². The highest BCUT2D eigenvalue weighted by atomic mass is 15.1. The Labute approximate surface area is 107 Å². The van der Waals surface area contributed by atoms with Crippen LogP contribution in [0.25, 0.3) is 11.1 Å². The van der Waals surface area contributed by atoms with Crippen molar-refractivity contribution in [1.82, 2.24) is 9.97 Å². The van der Waals surface area contributed by atoms with Crippen LogP contribution in [0.1, 0.15) is 12.0 Å². The van der Waals surface area contributed by atoms with Gasteiger partial charge in [-0.05, 0) is 31.0 Å². The lowest BCUT2D eigenvalue weighted by Gasteiger charge is -2.06. The van der Waals surface area contributed by atoms with Crippen molar-refractivity contribution >= 4 is 5.95 Å². The second kappa shape index (κ2) is 6.12. The van der Waals surface area contributed by atoms with Crippen molar-refractivity contribution < 1.29 is 0 Å². The van der Waals surface area contributed by atoms with Gasteiger partial charge in [-0.25, -0.2) is 9.97 Å². The fraction of sp³-hybridized carbons (Fsp3) is 0.286. The van der Waals surface area contributed by atoms with Gasteiger partial charge < -0.3 is 11.1 Å². The molecule has 2 rings (SSSR count). The quantitative estimate of drug-likeness (QED) is 0.789. The first kappa shape index (κ1) is 12.5. The first-order valence-electron chi connectivity index (χ1n) is 6.13. The van der Waals surface area contributed by atoms with E-state index in [1.807, 2.05) is 24.5 Å². The van der Waals surface area contributed by atoms with Gasteiger partial charge in [-0.15, -0.1) is 0 Å². The zero-order chi connectivity index (χ0) is 12.8. The van der Waals surface area contributed by atoms with Gasteiger partial charge in [-0.1, -0.05) is 24.3 Å². The van der Waals surface area contributed by atoms with Crippen molar-refractivity contribution in [2.75, 3.05) is 18.4 Å². The number of hydrogen-bond donors (Lipinski definition) is 2. The summed E-state index contributed by atoms with van der Waals surface area (Å²) in [5.41, 5.74) is 8.87. The molecular formula is C14H18N4. The molecule has 0 bridgehead atoms. The molecule has 0 radical (unpaired) electrons. The molecule has 1 aromatic heterocycles. The number of aryl methyl sites for hydroxylation is 1. The molecule has 1 aromatic carbocycles. The molecule has 0 unspecified atom stereocenters. The van der Waals surface area contributed by atoms with Crippen LogP contribution in [0.15, 0.2) is 36.7 Å². The largest absolute Gasteiger partial charge is 0.354 e. The van der Waals surface area contributed by atoms with Crippen LogP contribution in [0.5, 0.6) is 0 Å². The number of anilines is 1. The van der Waals surface area contributed by atoms with E-state index in [4.69, 9.17) is 5.73 Å². The first-order chi connectivity index (χ1) is 8.81. The molecule has 3 N–H and O–H groups in total. The van der Waals surface area contributed by atoms with Crippen LogP contribution in [0.3, 0.4) is 0 Å². The molecule has 0 aliphatic rings. The number of nitrogens with two attached hydrogens (primary N) is 1. The molecule has 2 aromatic rings. The summed E-state index contributed by atoms with van der Waals surface area (Å²) in [4.78, 5) is 8.61.